The molecular weight excluding hydrogens is 264 g/mol. The van der Waals surface area contributed by atoms with Crippen molar-refractivity contribution in [1.82, 2.24) is 20.6 Å². The summed E-state index contributed by atoms with van der Waals surface area (Å²) in [5, 5.41) is 5.31. The van der Waals surface area contributed by atoms with Crippen LogP contribution in [0.25, 0.3) is 11.0 Å². The van der Waals surface area contributed by atoms with Crippen molar-refractivity contribution in [3.05, 3.63) is 24.3 Å². The molecule has 100 valence electrons. The summed E-state index contributed by atoms with van der Waals surface area (Å²) in [4.78, 5) is 29.8. The third-order valence-electron chi connectivity index (χ3n) is 2.42. The number of imide groups is 1. The fourth-order valence-corrected chi connectivity index (χ4v) is 2.32. The summed E-state index contributed by atoms with van der Waals surface area (Å²) in [5.41, 5.74) is 1.87. The van der Waals surface area contributed by atoms with Crippen LogP contribution in [-0.2, 0) is 4.79 Å². The summed E-state index contributed by atoms with van der Waals surface area (Å²) in [6.07, 6.45) is 0.259. The number of thioether (sulfide) groups is 1. The lowest BCUT2D eigenvalue weighted by molar-refractivity contribution is -0.119. The van der Waals surface area contributed by atoms with Crippen molar-refractivity contribution in [1.29, 1.82) is 0 Å². The lowest BCUT2D eigenvalue weighted by Crippen LogP contribution is -2.37. The zero-order valence-corrected chi connectivity index (χ0v) is 11.2. The molecule has 7 heteroatoms. The summed E-state index contributed by atoms with van der Waals surface area (Å²) in [6.45, 7) is 0. The van der Waals surface area contributed by atoms with E-state index >= 15 is 0 Å². The highest BCUT2D eigenvalue weighted by molar-refractivity contribution is 7.99. The van der Waals surface area contributed by atoms with E-state index in [2.05, 4.69) is 20.6 Å². The van der Waals surface area contributed by atoms with Gasteiger partial charge < -0.3 is 10.3 Å². The highest BCUT2D eigenvalue weighted by Crippen LogP contribution is 2.19. The molecule has 0 aliphatic heterocycles. The fraction of sp³-hybridized carbons (Fsp3) is 0.250. The molecule has 0 bridgehead atoms. The minimum Gasteiger partial charge on any atom is -0.341 e. The average Bonchev–Trinajstić information content (AvgIpc) is 2.81. The van der Waals surface area contributed by atoms with E-state index in [1.54, 1.807) is 0 Å². The van der Waals surface area contributed by atoms with Crippen molar-refractivity contribution in [3.8, 4) is 0 Å². The number of aromatic nitrogens is 2. The normalized spacial score (nSPS) is 10.4. The molecular formula is C12H14N4O2S. The van der Waals surface area contributed by atoms with Gasteiger partial charge in [-0.25, -0.2) is 9.78 Å². The Morgan fingerprint density at radius 3 is 2.89 bits per heavy atom. The van der Waals surface area contributed by atoms with E-state index in [9.17, 15) is 9.59 Å². The maximum Gasteiger partial charge on any atom is 0.321 e. The molecule has 0 saturated heterocycles. The van der Waals surface area contributed by atoms with Crippen LogP contribution < -0.4 is 10.6 Å². The van der Waals surface area contributed by atoms with Gasteiger partial charge in [0.05, 0.1) is 11.0 Å². The minimum absolute atomic E-state index is 0.259. The van der Waals surface area contributed by atoms with Gasteiger partial charge in [-0.1, -0.05) is 23.9 Å². The Hall–Kier alpha value is -2.02. The fourth-order valence-electron chi connectivity index (χ4n) is 1.49. The molecule has 6 nitrogen and oxygen atoms in total. The van der Waals surface area contributed by atoms with Gasteiger partial charge in [0.1, 0.15) is 0 Å². The molecule has 3 N–H and O–H groups in total. The summed E-state index contributed by atoms with van der Waals surface area (Å²) < 4.78 is 0. The van der Waals surface area contributed by atoms with Crippen LogP contribution in [-0.4, -0.2) is 34.7 Å². The maximum atomic E-state index is 11.4. The van der Waals surface area contributed by atoms with Gasteiger partial charge in [-0.2, -0.15) is 0 Å². The van der Waals surface area contributed by atoms with E-state index in [-0.39, 0.29) is 12.3 Å². The van der Waals surface area contributed by atoms with Crippen LogP contribution in [0, 0.1) is 0 Å². The number of benzene rings is 1. The zero-order chi connectivity index (χ0) is 13.7. The van der Waals surface area contributed by atoms with E-state index in [4.69, 9.17) is 0 Å². The molecule has 0 atom stereocenters. The Balaban J connectivity index is 1.82. The van der Waals surface area contributed by atoms with Crippen molar-refractivity contribution in [2.45, 2.75) is 11.6 Å². The predicted molar refractivity (Wildman–Crippen MR) is 74.0 cm³/mol. The Bertz CT molecular complexity index is 563. The Morgan fingerprint density at radius 2 is 2.16 bits per heavy atom. The van der Waals surface area contributed by atoms with Crippen LogP contribution in [0.3, 0.4) is 0 Å². The van der Waals surface area contributed by atoms with E-state index in [0.29, 0.717) is 5.75 Å². The van der Waals surface area contributed by atoms with E-state index in [1.807, 2.05) is 24.3 Å². The number of para-hydroxylation sites is 2. The molecule has 0 spiro atoms. The molecule has 0 unspecified atom stereocenters. The third-order valence-corrected chi connectivity index (χ3v) is 3.29. The predicted octanol–water partition coefficient (Wildman–Crippen LogP) is 1.50. The average molecular weight is 278 g/mol. The first-order chi connectivity index (χ1) is 9.19. The second-order valence-corrected chi connectivity index (χ2v) is 4.87. The number of hydrogen-bond donors (Lipinski definition) is 3. The van der Waals surface area contributed by atoms with E-state index in [1.165, 1.54) is 18.8 Å². The number of nitrogens with zero attached hydrogens (tertiary/aromatic N) is 1. The van der Waals surface area contributed by atoms with Gasteiger partial charge in [0.25, 0.3) is 0 Å². The first-order valence-corrected chi connectivity index (χ1v) is 6.76. The van der Waals surface area contributed by atoms with Gasteiger partial charge in [-0.05, 0) is 12.1 Å². The molecule has 0 saturated carbocycles. The molecule has 0 aliphatic rings. The van der Waals surface area contributed by atoms with Crippen molar-refractivity contribution in [2.75, 3.05) is 12.8 Å². The van der Waals surface area contributed by atoms with Crippen molar-refractivity contribution in [3.63, 3.8) is 0 Å². The molecule has 1 aromatic carbocycles. The number of H-pyrrole nitrogens is 1. The summed E-state index contributed by atoms with van der Waals surface area (Å²) in [5.74, 6) is 0.255. The second-order valence-electron chi connectivity index (χ2n) is 3.78. The molecule has 1 heterocycles. The molecule has 0 radical (unpaired) electrons. The van der Waals surface area contributed by atoms with Gasteiger partial charge >= 0.3 is 6.03 Å². The Kier molecular flexibility index (Phi) is 4.40. The second kappa shape index (κ2) is 6.24. The van der Waals surface area contributed by atoms with Gasteiger partial charge in [0, 0.05) is 19.2 Å². The molecule has 19 heavy (non-hydrogen) atoms. The summed E-state index contributed by atoms with van der Waals surface area (Å²) >= 11 is 1.45. The number of imidazole rings is 1. The van der Waals surface area contributed by atoms with Crippen LogP contribution >= 0.6 is 11.8 Å². The van der Waals surface area contributed by atoms with Crippen molar-refractivity contribution in [2.24, 2.45) is 0 Å². The SMILES string of the molecule is CNC(=O)NC(=O)CCSc1nc2ccccc2[nH]1. The number of nitrogens with one attached hydrogen (secondary N) is 3. The Labute approximate surface area is 114 Å². The maximum absolute atomic E-state index is 11.4. The molecule has 3 amide bonds. The largest absolute Gasteiger partial charge is 0.341 e. The third kappa shape index (κ3) is 3.72. The number of aromatic amines is 1. The smallest absolute Gasteiger partial charge is 0.321 e. The Morgan fingerprint density at radius 1 is 1.37 bits per heavy atom. The van der Waals surface area contributed by atoms with Crippen LogP contribution in [0.1, 0.15) is 6.42 Å². The molecule has 0 aliphatic carbocycles. The molecule has 2 rings (SSSR count). The van der Waals surface area contributed by atoms with Gasteiger partial charge in [-0.15, -0.1) is 0 Å². The van der Waals surface area contributed by atoms with Gasteiger partial charge in [0.2, 0.25) is 5.91 Å². The highest BCUT2D eigenvalue weighted by Gasteiger charge is 2.07. The zero-order valence-electron chi connectivity index (χ0n) is 10.4. The first-order valence-electron chi connectivity index (χ1n) is 5.78. The lowest BCUT2D eigenvalue weighted by atomic mass is 10.3. The summed E-state index contributed by atoms with van der Waals surface area (Å²) in [6, 6.07) is 7.25. The molecule has 1 aromatic heterocycles. The van der Waals surface area contributed by atoms with E-state index in [0.717, 1.165) is 16.2 Å². The summed E-state index contributed by atoms with van der Waals surface area (Å²) in [7, 11) is 1.46. The number of rotatable bonds is 4. The van der Waals surface area contributed by atoms with Crippen LogP contribution in [0.2, 0.25) is 0 Å². The van der Waals surface area contributed by atoms with Crippen LogP contribution in [0.15, 0.2) is 29.4 Å². The molecule has 2 aromatic rings. The van der Waals surface area contributed by atoms with Crippen molar-refractivity contribution < 1.29 is 9.59 Å². The monoisotopic (exact) mass is 278 g/mol. The number of hydrogen-bond acceptors (Lipinski definition) is 4. The minimum atomic E-state index is -0.487. The van der Waals surface area contributed by atoms with Crippen LogP contribution in [0.5, 0.6) is 0 Å². The number of fused-ring (bicyclic) bond motifs is 1. The molecule has 0 fully saturated rings. The number of urea groups is 1. The quantitative estimate of drug-likeness (QED) is 0.740. The topological polar surface area (TPSA) is 86.9 Å². The number of carbonyl (C=O) groups excluding carboxylic acids is 2. The van der Waals surface area contributed by atoms with Crippen molar-refractivity contribution >= 4 is 34.7 Å². The number of carbonyl (C=O) groups is 2. The van der Waals surface area contributed by atoms with Gasteiger partial charge in [-0.3, -0.25) is 10.1 Å². The number of amides is 3. The first kappa shape index (κ1) is 13.4. The highest BCUT2D eigenvalue weighted by atomic mass is 32.2. The standard InChI is InChI=1S/C12H14N4O2S/c1-13-11(18)16-10(17)6-7-19-12-14-8-4-2-3-5-9(8)15-12/h2-5H,6-7H2,1H3,(H,14,15)(H2,13,16,17,18). The van der Waals surface area contributed by atoms with Crippen LogP contribution in [0.4, 0.5) is 4.79 Å². The lowest BCUT2D eigenvalue weighted by Gasteiger charge is -2.01. The van der Waals surface area contributed by atoms with E-state index < -0.39 is 6.03 Å². The van der Waals surface area contributed by atoms with Gasteiger partial charge in [0.15, 0.2) is 5.16 Å².